The number of imidazole rings is 1. The highest BCUT2D eigenvalue weighted by Crippen LogP contribution is 2.44. The SMILES string of the molecule is Cn1cc(C(F)(F)C(F)(F)F)cc(Nc2nc3ncc(OC(=CN)c4cnccn4)c(Cl)c3n2C)c1=O. The van der Waals surface area contributed by atoms with Gasteiger partial charge in [-0.15, -0.1) is 0 Å². The molecule has 194 valence electrons. The summed E-state index contributed by atoms with van der Waals surface area (Å²) < 4.78 is 74.2. The molecule has 0 radical (unpaired) electrons. The molecule has 0 aliphatic carbocycles. The molecule has 4 aromatic rings. The summed E-state index contributed by atoms with van der Waals surface area (Å²) in [5.41, 5.74) is 3.31. The van der Waals surface area contributed by atoms with Crippen LogP contribution < -0.4 is 21.3 Å². The number of nitrogens with two attached hydrogens (primary N) is 1. The molecule has 0 atom stereocenters. The molecular weight excluding hydrogens is 527 g/mol. The fourth-order valence-corrected chi connectivity index (χ4v) is 3.57. The van der Waals surface area contributed by atoms with Crippen LogP contribution in [0.25, 0.3) is 16.9 Å². The van der Waals surface area contributed by atoms with Gasteiger partial charge in [-0.1, -0.05) is 11.6 Å². The maximum Gasteiger partial charge on any atom is 0.458 e. The van der Waals surface area contributed by atoms with Gasteiger partial charge in [0.05, 0.1) is 12.4 Å². The van der Waals surface area contributed by atoms with Crippen LogP contribution in [0.15, 0.2) is 48.0 Å². The zero-order valence-electron chi connectivity index (χ0n) is 18.9. The van der Waals surface area contributed by atoms with E-state index >= 15 is 0 Å². The van der Waals surface area contributed by atoms with Crippen molar-refractivity contribution in [3.8, 4) is 5.75 Å². The number of aryl methyl sites for hydroxylation is 2. The van der Waals surface area contributed by atoms with E-state index in [0.717, 1.165) is 13.2 Å². The Balaban J connectivity index is 1.73. The zero-order chi connectivity index (χ0) is 27.1. The molecule has 4 heterocycles. The first-order valence-corrected chi connectivity index (χ1v) is 10.5. The van der Waals surface area contributed by atoms with Crippen LogP contribution in [-0.2, 0) is 20.0 Å². The standard InChI is InChI=1S/C21H16ClF5N8O2/c1-34-9-10(20(23,24)21(25,26)27)5-11(18(34)36)32-19-33-17-16(35(19)2)15(22)14(8-31-17)37-13(6-28)12-7-29-3-4-30-12/h3-9H,28H2,1-2H3,(H,31,32,33). The van der Waals surface area contributed by atoms with Gasteiger partial charge >= 0.3 is 12.1 Å². The van der Waals surface area contributed by atoms with E-state index in [0.29, 0.717) is 22.5 Å². The van der Waals surface area contributed by atoms with Crippen molar-refractivity contribution in [3.05, 3.63) is 69.9 Å². The third-order valence-electron chi connectivity index (χ3n) is 5.14. The van der Waals surface area contributed by atoms with E-state index in [1.807, 2.05) is 0 Å². The van der Waals surface area contributed by atoms with Crippen molar-refractivity contribution in [2.45, 2.75) is 12.1 Å². The molecule has 16 heteroatoms. The van der Waals surface area contributed by atoms with Crippen molar-refractivity contribution in [1.29, 1.82) is 0 Å². The van der Waals surface area contributed by atoms with E-state index in [1.54, 1.807) is 0 Å². The maximum absolute atomic E-state index is 13.9. The van der Waals surface area contributed by atoms with E-state index in [2.05, 4.69) is 25.3 Å². The van der Waals surface area contributed by atoms with Crippen molar-refractivity contribution in [2.75, 3.05) is 5.32 Å². The quantitative estimate of drug-likeness (QED) is 0.278. The van der Waals surface area contributed by atoms with Gasteiger partial charge in [-0.05, 0) is 6.07 Å². The molecule has 0 aromatic carbocycles. The van der Waals surface area contributed by atoms with Gasteiger partial charge in [0, 0.05) is 44.4 Å². The highest BCUT2D eigenvalue weighted by atomic mass is 35.5. The number of hydrogen-bond donors (Lipinski definition) is 2. The van der Waals surface area contributed by atoms with E-state index in [9.17, 15) is 26.7 Å². The summed E-state index contributed by atoms with van der Waals surface area (Å²) in [6.45, 7) is 0. The lowest BCUT2D eigenvalue weighted by Crippen LogP contribution is -2.35. The van der Waals surface area contributed by atoms with Crippen molar-refractivity contribution in [1.82, 2.24) is 29.1 Å². The summed E-state index contributed by atoms with van der Waals surface area (Å²) in [6, 6.07) is 0.415. The molecule has 0 unspecified atom stereocenters. The fourth-order valence-electron chi connectivity index (χ4n) is 3.27. The highest BCUT2D eigenvalue weighted by molar-refractivity contribution is 6.36. The summed E-state index contributed by atoms with van der Waals surface area (Å²) >= 11 is 6.50. The average molecular weight is 543 g/mol. The number of aromatic nitrogens is 6. The third-order valence-corrected chi connectivity index (χ3v) is 5.51. The van der Waals surface area contributed by atoms with Crippen LogP contribution in [0, 0.1) is 0 Å². The number of alkyl halides is 5. The molecule has 0 fully saturated rings. The highest BCUT2D eigenvalue weighted by Gasteiger charge is 2.59. The zero-order valence-corrected chi connectivity index (χ0v) is 19.6. The molecule has 0 aliphatic rings. The second-order valence-corrected chi connectivity index (χ2v) is 7.96. The molecule has 37 heavy (non-hydrogen) atoms. The fraction of sp³-hybridized carbons (Fsp3) is 0.190. The Labute approximate surface area is 209 Å². The lowest BCUT2D eigenvalue weighted by Gasteiger charge is -2.21. The Kier molecular flexibility index (Phi) is 6.50. The number of anilines is 2. The first kappa shape index (κ1) is 25.8. The van der Waals surface area contributed by atoms with Crippen LogP contribution in [0.4, 0.5) is 33.6 Å². The molecular formula is C21H16ClF5N8O2. The van der Waals surface area contributed by atoms with E-state index in [1.165, 1.54) is 36.4 Å². The number of halogens is 6. The Morgan fingerprint density at radius 1 is 1.16 bits per heavy atom. The smallest absolute Gasteiger partial charge is 0.450 e. The minimum atomic E-state index is -5.87. The first-order valence-electron chi connectivity index (χ1n) is 10.1. The monoisotopic (exact) mass is 542 g/mol. The number of rotatable bonds is 6. The van der Waals surface area contributed by atoms with Crippen molar-refractivity contribution in [2.24, 2.45) is 19.8 Å². The molecule has 0 bridgehead atoms. The van der Waals surface area contributed by atoms with Crippen molar-refractivity contribution < 1.29 is 26.7 Å². The molecule has 3 N–H and O–H groups in total. The Bertz CT molecular complexity index is 1570. The molecule has 0 amide bonds. The second-order valence-electron chi connectivity index (χ2n) is 7.58. The molecule has 0 spiro atoms. The largest absolute Gasteiger partial charge is 0.458 e. The summed E-state index contributed by atoms with van der Waals surface area (Å²) in [4.78, 5) is 28.8. The average Bonchev–Trinajstić information content (AvgIpc) is 3.16. The summed E-state index contributed by atoms with van der Waals surface area (Å²) in [7, 11) is 2.50. The second kappa shape index (κ2) is 9.31. The summed E-state index contributed by atoms with van der Waals surface area (Å²) in [6.07, 6.45) is 1.21. The van der Waals surface area contributed by atoms with Gasteiger partial charge in [0.25, 0.3) is 5.56 Å². The van der Waals surface area contributed by atoms with Gasteiger partial charge in [-0.25, -0.2) is 9.97 Å². The first-order chi connectivity index (χ1) is 17.3. The Hall–Kier alpha value is -4.27. The lowest BCUT2D eigenvalue weighted by atomic mass is 10.1. The minimum absolute atomic E-state index is 0.0153. The summed E-state index contributed by atoms with van der Waals surface area (Å²) in [5, 5.41) is 2.50. The molecule has 0 saturated carbocycles. The minimum Gasteiger partial charge on any atom is -0.450 e. The number of ether oxygens (including phenoxy) is 1. The van der Waals surface area contributed by atoms with Crippen molar-refractivity contribution >= 4 is 40.2 Å². The predicted molar refractivity (Wildman–Crippen MR) is 123 cm³/mol. The Morgan fingerprint density at radius 2 is 1.89 bits per heavy atom. The van der Waals surface area contributed by atoms with Crippen LogP contribution in [0.5, 0.6) is 5.75 Å². The van der Waals surface area contributed by atoms with Gasteiger partial charge in [0.2, 0.25) is 5.95 Å². The number of fused-ring (bicyclic) bond motifs is 1. The number of nitrogens with one attached hydrogen (secondary N) is 1. The molecule has 4 rings (SSSR count). The molecule has 0 aliphatic heterocycles. The Morgan fingerprint density at radius 3 is 2.51 bits per heavy atom. The molecule has 4 aromatic heterocycles. The number of hydrogen-bond acceptors (Lipinski definition) is 8. The lowest BCUT2D eigenvalue weighted by molar-refractivity contribution is -0.289. The van der Waals surface area contributed by atoms with Crippen LogP contribution >= 0.6 is 11.6 Å². The topological polar surface area (TPSA) is 126 Å². The van der Waals surface area contributed by atoms with Gasteiger partial charge < -0.3 is 24.9 Å². The van der Waals surface area contributed by atoms with Crippen LogP contribution in [0.2, 0.25) is 5.02 Å². The third kappa shape index (κ3) is 4.64. The summed E-state index contributed by atoms with van der Waals surface area (Å²) in [5.74, 6) is -5.15. The van der Waals surface area contributed by atoms with Gasteiger partial charge in [-0.3, -0.25) is 9.78 Å². The molecule has 10 nitrogen and oxygen atoms in total. The van der Waals surface area contributed by atoms with Gasteiger partial charge in [0.15, 0.2) is 17.2 Å². The van der Waals surface area contributed by atoms with Crippen molar-refractivity contribution in [3.63, 3.8) is 0 Å². The van der Waals surface area contributed by atoms with E-state index in [4.69, 9.17) is 22.1 Å². The van der Waals surface area contributed by atoms with E-state index < -0.39 is 28.9 Å². The number of nitrogens with zero attached hydrogens (tertiary/aromatic N) is 6. The predicted octanol–water partition coefficient (Wildman–Crippen LogP) is 3.84. The van der Waals surface area contributed by atoms with Crippen LogP contribution in [0.1, 0.15) is 11.3 Å². The maximum atomic E-state index is 13.9. The van der Waals surface area contributed by atoms with E-state index in [-0.39, 0.29) is 33.6 Å². The molecule has 0 saturated heterocycles. The van der Waals surface area contributed by atoms with Crippen LogP contribution in [-0.4, -0.2) is 35.2 Å². The van der Waals surface area contributed by atoms with Crippen LogP contribution in [0.3, 0.4) is 0 Å². The number of pyridine rings is 2. The van der Waals surface area contributed by atoms with Gasteiger partial charge in [0.1, 0.15) is 21.9 Å². The van der Waals surface area contributed by atoms with Gasteiger partial charge in [-0.2, -0.15) is 26.9 Å². The normalized spacial score (nSPS) is 12.7.